The predicted octanol–water partition coefficient (Wildman–Crippen LogP) is 13.3. The van der Waals surface area contributed by atoms with Gasteiger partial charge in [0, 0.05) is 16.5 Å². The van der Waals surface area contributed by atoms with Crippen LogP contribution in [0.1, 0.15) is 30.7 Å². The van der Waals surface area contributed by atoms with Crippen molar-refractivity contribution in [3.8, 4) is 44.5 Å². The van der Waals surface area contributed by atoms with E-state index in [1.165, 1.54) is 88.0 Å². The van der Waals surface area contributed by atoms with E-state index >= 15 is 0 Å². The molecule has 0 radical (unpaired) electrons. The minimum atomic E-state index is -0.0365. The van der Waals surface area contributed by atoms with Gasteiger partial charge in [0.05, 0.1) is 5.52 Å². The summed E-state index contributed by atoms with van der Waals surface area (Å²) >= 11 is 0. The third kappa shape index (κ3) is 4.30. The van der Waals surface area contributed by atoms with Crippen LogP contribution in [0.15, 0.2) is 158 Å². The molecule has 0 fully saturated rings. The molecule has 0 N–H and O–H groups in total. The number of benzene rings is 8. The molecule has 0 unspecified atom stereocenters. The predicted molar refractivity (Wildman–Crippen MR) is 213 cm³/mol. The molecule has 0 bridgehead atoms. The van der Waals surface area contributed by atoms with Crippen LogP contribution in [-0.4, -0.2) is 4.98 Å². The van der Waals surface area contributed by atoms with E-state index in [0.29, 0.717) is 0 Å². The molecule has 1 aliphatic rings. The van der Waals surface area contributed by atoms with Crippen molar-refractivity contribution < 1.29 is 0 Å². The Hall–Kier alpha value is -6.05. The second kappa shape index (κ2) is 10.7. The van der Waals surface area contributed by atoms with E-state index in [9.17, 15) is 0 Å². The van der Waals surface area contributed by atoms with Gasteiger partial charge in [-0.2, -0.15) is 0 Å². The molecule has 9 aromatic rings. The smallest absolute Gasteiger partial charge is 0.0705 e. The van der Waals surface area contributed by atoms with Crippen molar-refractivity contribution in [1.82, 2.24) is 4.98 Å². The molecule has 0 saturated heterocycles. The zero-order valence-corrected chi connectivity index (χ0v) is 28.5. The average molecular weight is 638 g/mol. The Morgan fingerprint density at radius 2 is 0.980 bits per heavy atom. The van der Waals surface area contributed by atoms with Crippen molar-refractivity contribution in [1.29, 1.82) is 0 Å². The zero-order valence-electron chi connectivity index (χ0n) is 28.5. The van der Waals surface area contributed by atoms with E-state index in [-0.39, 0.29) is 5.41 Å². The summed E-state index contributed by atoms with van der Waals surface area (Å²) in [5.74, 6) is 0. The van der Waals surface area contributed by atoms with Crippen molar-refractivity contribution in [2.24, 2.45) is 0 Å². The molecule has 1 heterocycles. The fourth-order valence-corrected chi connectivity index (χ4v) is 8.61. The van der Waals surface area contributed by atoms with Gasteiger partial charge in [-0.05, 0) is 131 Å². The Morgan fingerprint density at radius 1 is 0.400 bits per heavy atom. The highest BCUT2D eigenvalue weighted by Gasteiger charge is 2.35. The molecule has 0 atom stereocenters. The average Bonchev–Trinajstić information content (AvgIpc) is 3.38. The number of aromatic nitrogens is 1. The van der Waals surface area contributed by atoms with Gasteiger partial charge in [-0.1, -0.05) is 135 Å². The fourth-order valence-electron chi connectivity index (χ4n) is 8.61. The summed E-state index contributed by atoms with van der Waals surface area (Å²) in [5, 5.41) is 8.70. The first-order chi connectivity index (χ1) is 24.4. The van der Waals surface area contributed by atoms with Crippen LogP contribution in [0.5, 0.6) is 0 Å². The number of rotatable bonds is 3. The number of pyridine rings is 1. The van der Waals surface area contributed by atoms with Crippen LogP contribution in [0.2, 0.25) is 0 Å². The lowest BCUT2D eigenvalue weighted by atomic mass is 9.81. The Kier molecular flexibility index (Phi) is 6.20. The Bertz CT molecular complexity index is 2850. The fraction of sp³-hybridized carbons (Fsp3) is 0.0816. The quantitative estimate of drug-likeness (QED) is 0.176. The Labute approximate surface area is 292 Å². The number of hydrogen-bond donors (Lipinski definition) is 0. The molecule has 1 nitrogen and oxygen atoms in total. The lowest BCUT2D eigenvalue weighted by molar-refractivity contribution is 0.660. The molecule has 8 aromatic carbocycles. The highest BCUT2D eigenvalue weighted by molar-refractivity contribution is 6.22. The van der Waals surface area contributed by atoms with Gasteiger partial charge in [0.15, 0.2) is 0 Å². The van der Waals surface area contributed by atoms with Gasteiger partial charge in [-0.15, -0.1) is 0 Å². The summed E-state index contributed by atoms with van der Waals surface area (Å²) < 4.78 is 0. The van der Waals surface area contributed by atoms with Crippen molar-refractivity contribution in [3.05, 3.63) is 175 Å². The van der Waals surface area contributed by atoms with E-state index in [0.717, 1.165) is 16.6 Å². The van der Waals surface area contributed by atoms with E-state index in [2.05, 4.69) is 178 Å². The van der Waals surface area contributed by atoms with Gasteiger partial charge in [-0.3, -0.25) is 4.98 Å². The largest absolute Gasteiger partial charge is 0.253 e. The molecule has 0 spiro atoms. The summed E-state index contributed by atoms with van der Waals surface area (Å²) in [5.41, 5.74) is 14.9. The van der Waals surface area contributed by atoms with Crippen LogP contribution in [0, 0.1) is 6.92 Å². The van der Waals surface area contributed by atoms with Crippen LogP contribution in [-0.2, 0) is 5.41 Å². The van der Waals surface area contributed by atoms with Crippen LogP contribution in [0.4, 0.5) is 0 Å². The summed E-state index contributed by atoms with van der Waals surface area (Å²) in [6, 6.07) is 58.7. The zero-order chi connectivity index (χ0) is 33.6. The number of aryl methyl sites for hydroxylation is 1. The molecular formula is C49H35N. The molecule has 236 valence electrons. The molecule has 1 aliphatic carbocycles. The van der Waals surface area contributed by atoms with E-state index < -0.39 is 0 Å². The summed E-state index contributed by atoms with van der Waals surface area (Å²) in [6.45, 7) is 6.76. The van der Waals surface area contributed by atoms with Gasteiger partial charge < -0.3 is 0 Å². The van der Waals surface area contributed by atoms with E-state index in [1.807, 2.05) is 0 Å². The monoisotopic (exact) mass is 637 g/mol. The van der Waals surface area contributed by atoms with E-state index in [4.69, 9.17) is 4.98 Å². The summed E-state index contributed by atoms with van der Waals surface area (Å²) in [6.07, 6.45) is 0. The topological polar surface area (TPSA) is 12.9 Å². The molecule has 0 saturated carbocycles. The lowest BCUT2D eigenvalue weighted by Crippen LogP contribution is -2.14. The third-order valence-corrected chi connectivity index (χ3v) is 11.1. The Morgan fingerprint density at radius 3 is 1.84 bits per heavy atom. The standard InChI is InChI=1S/C49H35N/c1-30-16-17-35-27-36(22-25-46(35)50-30)47-39-13-6-7-14-40(39)48(37-21-24-45-42(29-37)38-12-8-9-15-44(38)49(45,2)3)43-28-34(20-23-41(43)47)33-19-18-31-10-4-5-11-32(31)26-33/h4-29H,1-3H3. The second-order valence-corrected chi connectivity index (χ2v) is 14.4. The van der Waals surface area contributed by atoms with Crippen LogP contribution >= 0.6 is 0 Å². The maximum absolute atomic E-state index is 4.81. The van der Waals surface area contributed by atoms with Gasteiger partial charge in [-0.25, -0.2) is 0 Å². The first-order valence-corrected chi connectivity index (χ1v) is 17.5. The van der Waals surface area contributed by atoms with Crippen molar-refractivity contribution in [2.75, 3.05) is 0 Å². The van der Waals surface area contributed by atoms with Crippen molar-refractivity contribution >= 4 is 43.2 Å². The molecule has 0 amide bonds. The number of fused-ring (bicyclic) bond motifs is 7. The van der Waals surface area contributed by atoms with Crippen LogP contribution in [0.25, 0.3) is 87.7 Å². The summed E-state index contributed by atoms with van der Waals surface area (Å²) in [7, 11) is 0. The minimum Gasteiger partial charge on any atom is -0.253 e. The van der Waals surface area contributed by atoms with Crippen LogP contribution in [0.3, 0.4) is 0 Å². The van der Waals surface area contributed by atoms with Gasteiger partial charge >= 0.3 is 0 Å². The maximum atomic E-state index is 4.81. The molecular weight excluding hydrogens is 603 g/mol. The molecule has 1 heteroatoms. The summed E-state index contributed by atoms with van der Waals surface area (Å²) in [4.78, 5) is 4.81. The minimum absolute atomic E-state index is 0.0365. The first-order valence-electron chi connectivity index (χ1n) is 17.5. The van der Waals surface area contributed by atoms with E-state index in [1.54, 1.807) is 0 Å². The van der Waals surface area contributed by atoms with Crippen molar-refractivity contribution in [2.45, 2.75) is 26.2 Å². The third-order valence-electron chi connectivity index (χ3n) is 11.1. The SMILES string of the molecule is Cc1ccc2cc(-c3c4ccccc4c(-c4ccc5c(c4)-c4ccccc4C5(C)C)c4cc(-c5ccc6ccccc6c5)ccc34)ccc2n1. The van der Waals surface area contributed by atoms with Gasteiger partial charge in [0.1, 0.15) is 0 Å². The molecule has 1 aromatic heterocycles. The lowest BCUT2D eigenvalue weighted by Gasteiger charge is -2.22. The first kappa shape index (κ1) is 28.9. The highest BCUT2D eigenvalue weighted by Crippen LogP contribution is 2.51. The number of hydrogen-bond acceptors (Lipinski definition) is 1. The maximum Gasteiger partial charge on any atom is 0.0705 e. The normalized spacial score (nSPS) is 13.3. The second-order valence-electron chi connectivity index (χ2n) is 14.4. The van der Waals surface area contributed by atoms with Crippen LogP contribution < -0.4 is 0 Å². The number of nitrogens with zero attached hydrogens (tertiary/aromatic N) is 1. The Balaban J connectivity index is 1.29. The molecule has 10 rings (SSSR count). The van der Waals surface area contributed by atoms with Crippen molar-refractivity contribution in [3.63, 3.8) is 0 Å². The highest BCUT2D eigenvalue weighted by atomic mass is 14.7. The van der Waals surface area contributed by atoms with Gasteiger partial charge in [0.25, 0.3) is 0 Å². The molecule has 50 heavy (non-hydrogen) atoms. The molecule has 0 aliphatic heterocycles. The van der Waals surface area contributed by atoms with Gasteiger partial charge in [0.2, 0.25) is 0 Å².